The van der Waals surface area contributed by atoms with Gasteiger partial charge in [-0.25, -0.2) is 4.98 Å². The standard InChI is InChI=1S/C17H15N5O2S/c1-3-25-17-19-16-18-10-13-14(22(16)20-17)8-9-21(15(13)23)11-4-6-12(24-2)7-5-11/h4-10H,3H2,1-2H3. The number of pyridine rings is 1. The molecule has 3 aromatic heterocycles. The van der Waals surface area contributed by atoms with E-state index >= 15 is 0 Å². The number of hydrogen-bond donors (Lipinski definition) is 0. The molecule has 126 valence electrons. The first kappa shape index (κ1) is 15.6. The number of aromatic nitrogens is 5. The Morgan fingerprint density at radius 3 is 2.72 bits per heavy atom. The molecule has 0 atom stereocenters. The molecular formula is C17H15N5O2S. The highest BCUT2D eigenvalue weighted by Crippen LogP contribution is 2.18. The molecule has 1 aromatic carbocycles. The average Bonchev–Trinajstić information content (AvgIpc) is 3.05. The molecule has 0 radical (unpaired) electrons. The molecule has 0 fully saturated rings. The fourth-order valence-corrected chi connectivity index (χ4v) is 3.18. The van der Waals surface area contributed by atoms with Gasteiger partial charge in [-0.1, -0.05) is 18.7 Å². The molecule has 4 aromatic rings. The van der Waals surface area contributed by atoms with Crippen LogP contribution in [0.5, 0.6) is 5.75 Å². The molecule has 8 heteroatoms. The number of ether oxygens (including phenoxy) is 1. The van der Waals surface area contributed by atoms with Crippen molar-refractivity contribution in [1.29, 1.82) is 0 Å². The minimum absolute atomic E-state index is 0.155. The van der Waals surface area contributed by atoms with Gasteiger partial charge in [0, 0.05) is 18.1 Å². The number of methoxy groups -OCH3 is 1. The maximum atomic E-state index is 12.9. The second-order valence-corrected chi connectivity index (χ2v) is 6.52. The van der Waals surface area contributed by atoms with Crippen molar-refractivity contribution in [3.05, 3.63) is 53.1 Å². The molecule has 3 heterocycles. The van der Waals surface area contributed by atoms with Crippen molar-refractivity contribution in [2.75, 3.05) is 12.9 Å². The molecule has 25 heavy (non-hydrogen) atoms. The third-order valence-corrected chi connectivity index (χ3v) is 4.56. The fraction of sp³-hybridized carbons (Fsp3) is 0.176. The molecule has 4 rings (SSSR count). The summed E-state index contributed by atoms with van der Waals surface area (Å²) in [6, 6.07) is 9.16. The van der Waals surface area contributed by atoms with Gasteiger partial charge in [0.15, 0.2) is 0 Å². The summed E-state index contributed by atoms with van der Waals surface area (Å²) in [5, 5.41) is 5.58. The van der Waals surface area contributed by atoms with Gasteiger partial charge in [0.2, 0.25) is 5.16 Å². The van der Waals surface area contributed by atoms with E-state index in [1.54, 1.807) is 28.6 Å². The van der Waals surface area contributed by atoms with Crippen LogP contribution in [0.25, 0.3) is 22.4 Å². The lowest BCUT2D eigenvalue weighted by molar-refractivity contribution is 0.414. The Labute approximate surface area is 147 Å². The minimum Gasteiger partial charge on any atom is -0.497 e. The van der Waals surface area contributed by atoms with Crippen LogP contribution >= 0.6 is 11.8 Å². The molecule has 0 bridgehead atoms. The molecule has 0 aliphatic carbocycles. The van der Waals surface area contributed by atoms with Gasteiger partial charge in [-0.3, -0.25) is 9.36 Å². The Hall–Kier alpha value is -2.87. The Kier molecular flexibility index (Phi) is 3.89. The van der Waals surface area contributed by atoms with E-state index in [0.29, 0.717) is 21.8 Å². The Morgan fingerprint density at radius 1 is 1.20 bits per heavy atom. The number of fused-ring (bicyclic) bond motifs is 3. The van der Waals surface area contributed by atoms with Gasteiger partial charge < -0.3 is 4.74 Å². The highest BCUT2D eigenvalue weighted by molar-refractivity contribution is 7.99. The maximum absolute atomic E-state index is 12.9. The minimum atomic E-state index is -0.155. The van der Waals surface area contributed by atoms with Crippen LogP contribution in [0.1, 0.15) is 6.92 Å². The predicted molar refractivity (Wildman–Crippen MR) is 96.8 cm³/mol. The lowest BCUT2D eigenvalue weighted by Gasteiger charge is -2.08. The lowest BCUT2D eigenvalue weighted by Crippen LogP contribution is -2.18. The van der Waals surface area contributed by atoms with Crippen LogP contribution in [0.3, 0.4) is 0 Å². The molecule has 0 aliphatic heterocycles. The third-order valence-electron chi connectivity index (χ3n) is 3.84. The first-order chi connectivity index (χ1) is 12.2. The highest BCUT2D eigenvalue weighted by atomic mass is 32.2. The Bertz CT molecular complexity index is 1120. The monoisotopic (exact) mass is 353 g/mol. The summed E-state index contributed by atoms with van der Waals surface area (Å²) in [4.78, 5) is 21.5. The number of benzene rings is 1. The van der Waals surface area contributed by atoms with Gasteiger partial charge in [-0.05, 0) is 36.1 Å². The molecule has 0 N–H and O–H groups in total. The zero-order valence-electron chi connectivity index (χ0n) is 13.7. The van der Waals surface area contributed by atoms with Crippen molar-refractivity contribution >= 4 is 28.4 Å². The molecule has 0 saturated carbocycles. The summed E-state index contributed by atoms with van der Waals surface area (Å²) in [5.41, 5.74) is 1.29. The molecule has 0 spiro atoms. The SMILES string of the molecule is CCSc1nc2ncc3c(=O)n(-c4ccc(OC)cc4)ccc3n2n1. The average molecular weight is 353 g/mol. The predicted octanol–water partition coefficient (Wildman–Crippen LogP) is 2.55. The van der Waals surface area contributed by atoms with E-state index in [-0.39, 0.29) is 5.56 Å². The van der Waals surface area contributed by atoms with Crippen molar-refractivity contribution < 1.29 is 4.74 Å². The molecule has 0 saturated heterocycles. The van der Waals surface area contributed by atoms with Crippen molar-refractivity contribution in [3.8, 4) is 11.4 Å². The number of nitrogens with zero attached hydrogens (tertiary/aromatic N) is 5. The summed E-state index contributed by atoms with van der Waals surface area (Å²) in [5.74, 6) is 2.11. The summed E-state index contributed by atoms with van der Waals surface area (Å²) in [6.45, 7) is 2.04. The van der Waals surface area contributed by atoms with Gasteiger partial charge in [-0.2, -0.15) is 9.50 Å². The first-order valence-corrected chi connectivity index (χ1v) is 8.74. The lowest BCUT2D eigenvalue weighted by atomic mass is 10.2. The number of hydrogen-bond acceptors (Lipinski definition) is 6. The van der Waals surface area contributed by atoms with Gasteiger partial charge >= 0.3 is 0 Å². The second kappa shape index (κ2) is 6.21. The van der Waals surface area contributed by atoms with E-state index in [9.17, 15) is 4.79 Å². The molecule has 7 nitrogen and oxygen atoms in total. The van der Waals surface area contributed by atoms with Crippen molar-refractivity contribution in [3.63, 3.8) is 0 Å². The van der Waals surface area contributed by atoms with Gasteiger partial charge in [0.05, 0.1) is 18.0 Å². The smallest absolute Gasteiger partial charge is 0.266 e. The summed E-state index contributed by atoms with van der Waals surface area (Å²) < 4.78 is 8.35. The molecular weight excluding hydrogens is 338 g/mol. The quantitative estimate of drug-likeness (QED) is 0.525. The summed E-state index contributed by atoms with van der Waals surface area (Å²) in [6.07, 6.45) is 3.29. The summed E-state index contributed by atoms with van der Waals surface area (Å²) in [7, 11) is 1.61. The first-order valence-electron chi connectivity index (χ1n) is 7.75. The van der Waals surface area contributed by atoms with Crippen molar-refractivity contribution in [1.82, 2.24) is 24.1 Å². The van der Waals surface area contributed by atoms with E-state index in [4.69, 9.17) is 4.74 Å². The van der Waals surface area contributed by atoms with Crippen LogP contribution in [0.15, 0.2) is 52.7 Å². The Morgan fingerprint density at radius 2 is 2.00 bits per heavy atom. The van der Waals surface area contributed by atoms with E-state index in [2.05, 4.69) is 15.1 Å². The van der Waals surface area contributed by atoms with Gasteiger partial charge in [-0.15, -0.1) is 5.10 Å². The number of rotatable bonds is 4. The Balaban J connectivity index is 1.89. The van der Waals surface area contributed by atoms with E-state index < -0.39 is 0 Å². The molecule has 0 aliphatic rings. The zero-order valence-corrected chi connectivity index (χ0v) is 14.5. The number of thioether (sulfide) groups is 1. The molecule has 0 amide bonds. The second-order valence-electron chi connectivity index (χ2n) is 5.29. The highest BCUT2D eigenvalue weighted by Gasteiger charge is 2.12. The van der Waals surface area contributed by atoms with E-state index in [1.165, 1.54) is 11.8 Å². The van der Waals surface area contributed by atoms with Crippen LogP contribution in [0.2, 0.25) is 0 Å². The third kappa shape index (κ3) is 2.64. The normalized spacial score (nSPS) is 11.3. The molecule has 0 unspecified atom stereocenters. The van der Waals surface area contributed by atoms with E-state index in [1.807, 2.05) is 37.3 Å². The van der Waals surface area contributed by atoms with Crippen LogP contribution in [0, 0.1) is 0 Å². The van der Waals surface area contributed by atoms with E-state index in [0.717, 1.165) is 17.2 Å². The van der Waals surface area contributed by atoms with Crippen molar-refractivity contribution in [2.24, 2.45) is 0 Å². The van der Waals surface area contributed by atoms with Crippen LogP contribution in [-0.2, 0) is 0 Å². The largest absolute Gasteiger partial charge is 0.497 e. The van der Waals surface area contributed by atoms with Crippen LogP contribution in [0.4, 0.5) is 0 Å². The maximum Gasteiger partial charge on any atom is 0.266 e. The van der Waals surface area contributed by atoms with Crippen LogP contribution in [-0.4, -0.2) is 37.0 Å². The van der Waals surface area contributed by atoms with Crippen LogP contribution < -0.4 is 10.3 Å². The summed E-state index contributed by atoms with van der Waals surface area (Å²) >= 11 is 1.54. The van der Waals surface area contributed by atoms with Crippen molar-refractivity contribution in [2.45, 2.75) is 12.1 Å². The topological polar surface area (TPSA) is 74.3 Å². The van der Waals surface area contributed by atoms with Gasteiger partial charge in [0.25, 0.3) is 11.3 Å². The fourth-order valence-electron chi connectivity index (χ4n) is 2.64. The van der Waals surface area contributed by atoms with Gasteiger partial charge in [0.1, 0.15) is 5.75 Å². The zero-order chi connectivity index (χ0) is 17.4.